The smallest absolute Gasteiger partial charge is 0.227 e. The minimum Gasteiger partial charge on any atom is -0.339 e. The first-order valence-corrected chi connectivity index (χ1v) is 10.4. The Bertz CT molecular complexity index is 1060. The SMILES string of the molecule is Cc1ccc(N(Cc2ccccc2)C(=O)CCc2nc(-c3ccsc3)no2)cc1. The summed E-state index contributed by atoms with van der Waals surface area (Å²) < 4.78 is 5.33. The third-order valence-corrected chi connectivity index (χ3v) is 5.31. The number of carbonyl (C=O) groups excluding carboxylic acids is 1. The molecule has 0 saturated carbocycles. The number of rotatable bonds is 7. The summed E-state index contributed by atoms with van der Waals surface area (Å²) in [4.78, 5) is 19.3. The van der Waals surface area contributed by atoms with Crippen molar-refractivity contribution >= 4 is 22.9 Å². The van der Waals surface area contributed by atoms with Crippen molar-refractivity contribution in [1.29, 1.82) is 0 Å². The number of nitrogens with zero attached hydrogens (tertiary/aromatic N) is 3. The molecule has 6 heteroatoms. The fraction of sp³-hybridized carbons (Fsp3) is 0.174. The molecule has 0 aliphatic carbocycles. The summed E-state index contributed by atoms with van der Waals surface area (Å²) in [6.07, 6.45) is 0.707. The van der Waals surface area contributed by atoms with Gasteiger partial charge in [-0.1, -0.05) is 53.2 Å². The van der Waals surface area contributed by atoms with Gasteiger partial charge in [0.25, 0.3) is 0 Å². The van der Waals surface area contributed by atoms with Gasteiger partial charge in [0.05, 0.1) is 6.54 Å². The average molecular weight is 404 g/mol. The molecular weight excluding hydrogens is 382 g/mol. The van der Waals surface area contributed by atoms with Crippen LogP contribution in [-0.4, -0.2) is 16.0 Å². The number of carbonyl (C=O) groups is 1. The van der Waals surface area contributed by atoms with Gasteiger partial charge in [0.1, 0.15) is 0 Å². The van der Waals surface area contributed by atoms with E-state index >= 15 is 0 Å². The molecule has 0 spiro atoms. The molecule has 0 bridgehead atoms. The van der Waals surface area contributed by atoms with Gasteiger partial charge in [-0.25, -0.2) is 0 Å². The largest absolute Gasteiger partial charge is 0.339 e. The molecule has 0 fully saturated rings. The van der Waals surface area contributed by atoms with Gasteiger partial charge in [-0.3, -0.25) is 4.79 Å². The van der Waals surface area contributed by atoms with Gasteiger partial charge in [0.2, 0.25) is 17.6 Å². The Morgan fingerprint density at radius 3 is 2.59 bits per heavy atom. The lowest BCUT2D eigenvalue weighted by atomic mass is 10.1. The lowest BCUT2D eigenvalue weighted by Gasteiger charge is -2.23. The molecule has 4 rings (SSSR count). The maximum absolute atomic E-state index is 13.1. The van der Waals surface area contributed by atoms with Crippen molar-refractivity contribution in [2.24, 2.45) is 0 Å². The number of anilines is 1. The Morgan fingerprint density at radius 2 is 1.86 bits per heavy atom. The van der Waals surface area contributed by atoms with Gasteiger partial charge in [-0.05, 0) is 36.1 Å². The Labute approximate surface area is 173 Å². The Balaban J connectivity index is 1.48. The number of thiophene rings is 1. The highest BCUT2D eigenvalue weighted by atomic mass is 32.1. The molecule has 0 radical (unpaired) electrons. The highest BCUT2D eigenvalue weighted by Gasteiger charge is 2.18. The van der Waals surface area contributed by atoms with Crippen LogP contribution in [0.5, 0.6) is 0 Å². The molecule has 1 amide bonds. The number of aromatic nitrogens is 2. The standard InChI is InChI=1S/C23H21N3O2S/c1-17-7-9-20(10-8-17)26(15-18-5-3-2-4-6-18)22(27)12-11-21-24-23(25-28-21)19-13-14-29-16-19/h2-10,13-14,16H,11-12,15H2,1H3. The first-order valence-electron chi connectivity index (χ1n) is 9.45. The van der Waals surface area contributed by atoms with E-state index in [4.69, 9.17) is 4.52 Å². The number of hydrogen-bond acceptors (Lipinski definition) is 5. The van der Waals surface area contributed by atoms with Gasteiger partial charge < -0.3 is 9.42 Å². The summed E-state index contributed by atoms with van der Waals surface area (Å²) in [5.74, 6) is 1.06. The van der Waals surface area contributed by atoms with E-state index in [9.17, 15) is 4.79 Å². The maximum Gasteiger partial charge on any atom is 0.227 e. The number of hydrogen-bond donors (Lipinski definition) is 0. The zero-order valence-electron chi connectivity index (χ0n) is 16.1. The van der Waals surface area contributed by atoms with E-state index in [2.05, 4.69) is 10.1 Å². The monoisotopic (exact) mass is 403 g/mol. The normalized spacial score (nSPS) is 10.8. The molecule has 0 saturated heterocycles. The molecule has 4 aromatic rings. The molecule has 2 heterocycles. The molecule has 2 aromatic carbocycles. The maximum atomic E-state index is 13.1. The van der Waals surface area contributed by atoms with Crippen LogP contribution in [0.2, 0.25) is 0 Å². The van der Waals surface area contributed by atoms with Gasteiger partial charge in [-0.2, -0.15) is 16.3 Å². The lowest BCUT2D eigenvalue weighted by molar-refractivity contribution is -0.118. The number of amides is 1. The van der Waals surface area contributed by atoms with Crippen LogP contribution >= 0.6 is 11.3 Å². The zero-order valence-corrected chi connectivity index (χ0v) is 16.9. The first kappa shape index (κ1) is 19.1. The summed E-state index contributed by atoms with van der Waals surface area (Å²) in [5.41, 5.74) is 4.06. The van der Waals surface area contributed by atoms with Crippen LogP contribution in [-0.2, 0) is 17.8 Å². The highest BCUT2D eigenvalue weighted by Crippen LogP contribution is 2.21. The zero-order chi connectivity index (χ0) is 20.1. The van der Waals surface area contributed by atoms with Crippen molar-refractivity contribution in [3.8, 4) is 11.4 Å². The van der Waals surface area contributed by atoms with E-state index in [1.165, 1.54) is 0 Å². The summed E-state index contributed by atoms with van der Waals surface area (Å²) >= 11 is 1.58. The van der Waals surface area contributed by atoms with Crippen LogP contribution in [0.15, 0.2) is 75.9 Å². The van der Waals surface area contributed by atoms with Crippen LogP contribution in [0, 0.1) is 6.92 Å². The third-order valence-electron chi connectivity index (χ3n) is 4.63. The summed E-state index contributed by atoms with van der Waals surface area (Å²) in [6.45, 7) is 2.56. The quantitative estimate of drug-likeness (QED) is 0.422. The van der Waals surface area contributed by atoms with Gasteiger partial charge in [0.15, 0.2) is 0 Å². The molecule has 2 aromatic heterocycles. The van der Waals surface area contributed by atoms with Gasteiger partial charge >= 0.3 is 0 Å². The summed E-state index contributed by atoms with van der Waals surface area (Å²) in [7, 11) is 0. The molecule has 0 atom stereocenters. The predicted molar refractivity (Wildman–Crippen MR) is 115 cm³/mol. The third kappa shape index (κ3) is 4.78. The highest BCUT2D eigenvalue weighted by molar-refractivity contribution is 7.08. The van der Waals surface area contributed by atoms with E-state index in [0.717, 1.165) is 22.4 Å². The van der Waals surface area contributed by atoms with E-state index < -0.39 is 0 Å². The fourth-order valence-electron chi connectivity index (χ4n) is 3.03. The second-order valence-electron chi connectivity index (χ2n) is 6.82. The summed E-state index contributed by atoms with van der Waals surface area (Å²) in [6, 6.07) is 20.0. The van der Waals surface area contributed by atoms with Crippen molar-refractivity contribution in [2.75, 3.05) is 4.90 Å². The van der Waals surface area contributed by atoms with E-state index in [-0.39, 0.29) is 5.91 Å². The minimum atomic E-state index is 0.0213. The first-order chi connectivity index (χ1) is 14.2. The number of benzene rings is 2. The van der Waals surface area contributed by atoms with Gasteiger partial charge in [-0.15, -0.1) is 0 Å². The molecule has 0 unspecified atom stereocenters. The Kier molecular flexibility index (Phi) is 5.81. The molecule has 0 aliphatic rings. The molecule has 5 nitrogen and oxygen atoms in total. The van der Waals surface area contributed by atoms with E-state index in [1.54, 1.807) is 11.3 Å². The van der Waals surface area contributed by atoms with Crippen molar-refractivity contribution in [2.45, 2.75) is 26.3 Å². The van der Waals surface area contributed by atoms with Crippen LogP contribution in [0.4, 0.5) is 5.69 Å². The van der Waals surface area contributed by atoms with Crippen LogP contribution in [0.1, 0.15) is 23.4 Å². The molecular formula is C23H21N3O2S. The topological polar surface area (TPSA) is 59.2 Å². The predicted octanol–water partition coefficient (Wildman–Crippen LogP) is 5.27. The number of aryl methyl sites for hydroxylation is 2. The fourth-order valence-corrected chi connectivity index (χ4v) is 3.66. The Hall–Kier alpha value is -3.25. The summed E-state index contributed by atoms with van der Waals surface area (Å²) in [5, 5.41) is 7.95. The van der Waals surface area contributed by atoms with Crippen molar-refractivity contribution < 1.29 is 9.32 Å². The van der Waals surface area contributed by atoms with Crippen molar-refractivity contribution in [3.05, 3.63) is 88.4 Å². The second-order valence-corrected chi connectivity index (χ2v) is 7.60. The van der Waals surface area contributed by atoms with Crippen LogP contribution in [0.3, 0.4) is 0 Å². The average Bonchev–Trinajstić information content (AvgIpc) is 3.44. The molecule has 146 valence electrons. The minimum absolute atomic E-state index is 0.0213. The van der Waals surface area contributed by atoms with E-state index in [1.807, 2.05) is 83.2 Å². The molecule has 0 N–H and O–H groups in total. The lowest BCUT2D eigenvalue weighted by Crippen LogP contribution is -2.30. The van der Waals surface area contributed by atoms with Crippen LogP contribution < -0.4 is 4.90 Å². The van der Waals surface area contributed by atoms with Crippen molar-refractivity contribution in [3.63, 3.8) is 0 Å². The molecule has 29 heavy (non-hydrogen) atoms. The second kappa shape index (κ2) is 8.84. The Morgan fingerprint density at radius 1 is 1.07 bits per heavy atom. The van der Waals surface area contributed by atoms with Crippen molar-refractivity contribution in [1.82, 2.24) is 10.1 Å². The molecule has 0 aliphatic heterocycles. The van der Waals surface area contributed by atoms with E-state index in [0.29, 0.717) is 31.1 Å². The van der Waals surface area contributed by atoms with Gasteiger partial charge in [0, 0.05) is 29.5 Å². The van der Waals surface area contributed by atoms with Crippen LogP contribution in [0.25, 0.3) is 11.4 Å².